The van der Waals surface area contributed by atoms with Gasteiger partial charge in [0.05, 0.1) is 6.61 Å². The van der Waals surface area contributed by atoms with Gasteiger partial charge in [0.1, 0.15) is 5.75 Å². The fourth-order valence-electron chi connectivity index (χ4n) is 4.57. The van der Waals surface area contributed by atoms with Crippen LogP contribution in [0.4, 0.5) is 11.4 Å². The lowest BCUT2D eigenvalue weighted by molar-refractivity contribution is 0.304. The minimum atomic E-state index is 0.256. The van der Waals surface area contributed by atoms with E-state index in [1.165, 1.54) is 47.9 Å². The first kappa shape index (κ1) is 25.9. The molecule has 188 valence electrons. The molecule has 0 heterocycles. The van der Waals surface area contributed by atoms with Crippen LogP contribution in [0.3, 0.4) is 0 Å². The monoisotopic (exact) mass is 518 g/mol. The molecule has 0 atom stereocenters. The smallest absolute Gasteiger partial charge is 0.170 e. The quantitative estimate of drug-likeness (QED) is 0.124. The molecule has 0 amide bonds. The molecule has 4 rings (SSSR count). The minimum absolute atomic E-state index is 0.256. The Labute approximate surface area is 224 Å². The third-order valence-electron chi connectivity index (χ3n) is 6.33. The average Bonchev–Trinajstić information content (AvgIpc) is 3.25. The number of fused-ring (bicyclic) bond motifs is 3. The van der Waals surface area contributed by atoms with Gasteiger partial charge in [0, 0.05) is 30.4 Å². The zero-order valence-electron chi connectivity index (χ0n) is 20.5. The van der Waals surface area contributed by atoms with Crippen LogP contribution in [0.5, 0.6) is 5.75 Å². The first-order valence-corrected chi connectivity index (χ1v) is 13.5. The summed E-state index contributed by atoms with van der Waals surface area (Å²) >= 11 is 10.4. The van der Waals surface area contributed by atoms with Gasteiger partial charge in [0.15, 0.2) is 10.2 Å². The molecular formula is C29H34N4OS2. The lowest BCUT2D eigenvalue weighted by Gasteiger charge is -2.14. The van der Waals surface area contributed by atoms with Crippen LogP contribution in [0.25, 0.3) is 11.1 Å². The molecule has 0 radical (unpaired) electrons. The van der Waals surface area contributed by atoms with Crippen molar-refractivity contribution in [2.75, 3.05) is 23.8 Å². The van der Waals surface area contributed by atoms with Crippen molar-refractivity contribution in [3.05, 3.63) is 77.9 Å². The van der Waals surface area contributed by atoms with Crippen molar-refractivity contribution in [3.63, 3.8) is 0 Å². The number of anilines is 2. The molecule has 3 aromatic carbocycles. The van der Waals surface area contributed by atoms with E-state index in [1.54, 1.807) is 0 Å². The van der Waals surface area contributed by atoms with Crippen molar-refractivity contribution in [1.29, 1.82) is 0 Å². The summed E-state index contributed by atoms with van der Waals surface area (Å²) < 4.78 is 5.84. The van der Waals surface area contributed by atoms with Crippen LogP contribution in [0.15, 0.2) is 66.7 Å². The molecule has 0 bridgehead atoms. The predicted molar refractivity (Wildman–Crippen MR) is 159 cm³/mol. The Morgan fingerprint density at radius 2 is 1.56 bits per heavy atom. The Kier molecular flexibility index (Phi) is 9.53. The summed E-state index contributed by atoms with van der Waals surface area (Å²) in [6.45, 7) is 1.60. The number of nitrogens with one attached hydrogen (secondary N) is 3. The van der Waals surface area contributed by atoms with E-state index in [0.717, 1.165) is 42.9 Å². The van der Waals surface area contributed by atoms with E-state index in [9.17, 15) is 0 Å². The number of hydrogen-bond acceptors (Lipinski definition) is 3. The van der Waals surface area contributed by atoms with Crippen molar-refractivity contribution in [1.82, 2.24) is 5.32 Å². The van der Waals surface area contributed by atoms with Crippen LogP contribution in [-0.4, -0.2) is 23.4 Å². The average molecular weight is 519 g/mol. The minimum Gasteiger partial charge on any atom is -0.494 e. The second-order valence-electron chi connectivity index (χ2n) is 9.03. The molecular weight excluding hydrogens is 484 g/mol. The number of rotatable bonds is 12. The summed E-state index contributed by atoms with van der Waals surface area (Å²) in [4.78, 5) is 0. The zero-order chi connectivity index (χ0) is 25.2. The SMILES string of the molecule is NC(=S)Nc1cccc(OCCCCCCCCNC(=S)Nc2cccc3c2Cc2ccccc2-3)c1. The molecule has 0 saturated carbocycles. The van der Waals surface area contributed by atoms with E-state index in [1.807, 2.05) is 24.3 Å². The first-order valence-electron chi connectivity index (χ1n) is 12.6. The van der Waals surface area contributed by atoms with E-state index in [2.05, 4.69) is 58.4 Å². The summed E-state index contributed by atoms with van der Waals surface area (Å²) in [5.41, 5.74) is 12.8. The van der Waals surface area contributed by atoms with Gasteiger partial charge in [-0.25, -0.2) is 0 Å². The normalized spacial score (nSPS) is 11.3. The summed E-state index contributed by atoms with van der Waals surface area (Å²) in [6.07, 6.45) is 7.91. The number of thiocarbonyl (C=S) groups is 2. The van der Waals surface area contributed by atoms with Gasteiger partial charge in [-0.3, -0.25) is 0 Å². The second kappa shape index (κ2) is 13.2. The van der Waals surface area contributed by atoms with Gasteiger partial charge in [-0.05, 0) is 77.7 Å². The van der Waals surface area contributed by atoms with E-state index in [0.29, 0.717) is 11.7 Å². The lowest BCUT2D eigenvalue weighted by Crippen LogP contribution is -2.29. The maximum Gasteiger partial charge on any atom is 0.170 e. The number of ether oxygens (including phenoxy) is 1. The molecule has 0 aromatic heterocycles. The van der Waals surface area contributed by atoms with Crippen LogP contribution in [0, 0.1) is 0 Å². The van der Waals surface area contributed by atoms with Crippen molar-refractivity contribution < 1.29 is 4.74 Å². The van der Waals surface area contributed by atoms with Crippen molar-refractivity contribution in [2.45, 2.75) is 44.9 Å². The summed E-state index contributed by atoms with van der Waals surface area (Å²) in [5, 5.41) is 10.7. The first-order chi connectivity index (χ1) is 17.6. The largest absolute Gasteiger partial charge is 0.494 e. The molecule has 5 nitrogen and oxygen atoms in total. The van der Waals surface area contributed by atoms with Gasteiger partial charge in [0.25, 0.3) is 0 Å². The highest BCUT2D eigenvalue weighted by Crippen LogP contribution is 2.39. The number of benzene rings is 3. The van der Waals surface area contributed by atoms with Gasteiger partial charge in [-0.1, -0.05) is 68.1 Å². The number of nitrogens with two attached hydrogens (primary N) is 1. The third-order valence-corrected chi connectivity index (χ3v) is 6.67. The van der Waals surface area contributed by atoms with Crippen LogP contribution >= 0.6 is 24.4 Å². The Morgan fingerprint density at radius 1 is 0.806 bits per heavy atom. The van der Waals surface area contributed by atoms with E-state index in [4.69, 9.17) is 34.9 Å². The molecule has 0 aliphatic heterocycles. The zero-order valence-corrected chi connectivity index (χ0v) is 22.1. The lowest BCUT2D eigenvalue weighted by atomic mass is 10.1. The highest BCUT2D eigenvalue weighted by atomic mass is 32.1. The highest BCUT2D eigenvalue weighted by molar-refractivity contribution is 7.80. The number of unbranched alkanes of at least 4 members (excludes halogenated alkanes) is 5. The predicted octanol–water partition coefficient (Wildman–Crippen LogP) is 6.62. The molecule has 36 heavy (non-hydrogen) atoms. The topological polar surface area (TPSA) is 71.3 Å². The van der Waals surface area contributed by atoms with E-state index in [-0.39, 0.29) is 5.11 Å². The molecule has 7 heteroatoms. The molecule has 0 unspecified atom stereocenters. The highest BCUT2D eigenvalue weighted by Gasteiger charge is 2.20. The van der Waals surface area contributed by atoms with Gasteiger partial charge < -0.3 is 26.4 Å². The van der Waals surface area contributed by atoms with Crippen molar-refractivity contribution in [2.24, 2.45) is 5.73 Å². The maximum absolute atomic E-state index is 5.84. The van der Waals surface area contributed by atoms with Crippen molar-refractivity contribution >= 4 is 46.0 Å². The molecule has 0 saturated heterocycles. The van der Waals surface area contributed by atoms with Gasteiger partial charge in [-0.15, -0.1) is 0 Å². The second-order valence-corrected chi connectivity index (χ2v) is 9.88. The summed E-state index contributed by atoms with van der Waals surface area (Å²) in [6, 6.07) is 22.7. The standard InChI is InChI=1S/C29H34N4OS2/c30-28(35)32-22-12-9-13-23(20-22)34-18-8-4-2-1-3-7-17-31-29(36)33-27-16-10-15-25-24-14-6-5-11-21(24)19-26(25)27/h5-6,9-16,20H,1-4,7-8,17-19H2,(H3,30,32,35)(H2,31,33,36). The van der Waals surface area contributed by atoms with Gasteiger partial charge in [0.2, 0.25) is 0 Å². The van der Waals surface area contributed by atoms with Crippen LogP contribution in [0.2, 0.25) is 0 Å². The fraction of sp³-hybridized carbons (Fsp3) is 0.310. The Bertz CT molecular complexity index is 1200. The molecule has 0 fully saturated rings. The molecule has 5 N–H and O–H groups in total. The molecule has 3 aromatic rings. The Balaban J connectivity index is 1.05. The van der Waals surface area contributed by atoms with E-state index < -0.39 is 0 Å². The van der Waals surface area contributed by atoms with Gasteiger partial charge in [-0.2, -0.15) is 0 Å². The van der Waals surface area contributed by atoms with E-state index >= 15 is 0 Å². The summed E-state index contributed by atoms with van der Waals surface area (Å²) in [5.74, 6) is 0.830. The maximum atomic E-state index is 5.84. The van der Waals surface area contributed by atoms with Crippen LogP contribution < -0.4 is 26.4 Å². The number of hydrogen-bond donors (Lipinski definition) is 4. The fourth-order valence-corrected chi connectivity index (χ4v) is 4.90. The van der Waals surface area contributed by atoms with Crippen LogP contribution in [0.1, 0.15) is 49.7 Å². The Morgan fingerprint density at radius 3 is 2.42 bits per heavy atom. The van der Waals surface area contributed by atoms with Gasteiger partial charge >= 0.3 is 0 Å². The molecule has 0 spiro atoms. The van der Waals surface area contributed by atoms with Crippen LogP contribution in [-0.2, 0) is 6.42 Å². The summed E-state index contributed by atoms with van der Waals surface area (Å²) in [7, 11) is 0. The Hall–Kier alpha value is -3.16. The van der Waals surface area contributed by atoms with Crippen molar-refractivity contribution in [3.8, 4) is 16.9 Å². The third kappa shape index (κ3) is 7.42. The molecule has 1 aliphatic carbocycles. The molecule has 1 aliphatic rings.